The van der Waals surface area contributed by atoms with E-state index in [9.17, 15) is 4.79 Å². The lowest BCUT2D eigenvalue weighted by atomic mass is 10.1. The molecule has 5 nitrogen and oxygen atoms in total. The van der Waals surface area contributed by atoms with Crippen LogP contribution in [0.4, 0.5) is 0 Å². The Balaban J connectivity index is 1.60. The van der Waals surface area contributed by atoms with Gasteiger partial charge >= 0.3 is 0 Å². The van der Waals surface area contributed by atoms with Crippen molar-refractivity contribution in [3.05, 3.63) is 47.3 Å². The quantitative estimate of drug-likeness (QED) is 0.711. The molecule has 2 aromatic rings. The second-order valence-electron chi connectivity index (χ2n) is 5.66. The third-order valence-electron chi connectivity index (χ3n) is 4.04. The van der Waals surface area contributed by atoms with Crippen molar-refractivity contribution in [1.29, 1.82) is 0 Å². The minimum atomic E-state index is -0.0771. The molecule has 0 saturated carbocycles. The molecule has 1 aliphatic rings. The molecule has 0 saturated heterocycles. The summed E-state index contributed by atoms with van der Waals surface area (Å²) in [6.07, 6.45) is 1.80. The van der Waals surface area contributed by atoms with Crippen LogP contribution in [0.25, 0.3) is 0 Å². The van der Waals surface area contributed by atoms with Crippen LogP contribution in [0.2, 0.25) is 0 Å². The minimum Gasteiger partial charge on any atom is -0.347 e. The number of hydrogen-bond acceptors (Lipinski definition) is 4. The maximum atomic E-state index is 12.5. The van der Waals surface area contributed by atoms with Crippen LogP contribution < -0.4 is 10.6 Å². The molecule has 0 aliphatic carbocycles. The summed E-state index contributed by atoms with van der Waals surface area (Å²) in [5.41, 5.74) is 2.63. The van der Waals surface area contributed by atoms with Crippen molar-refractivity contribution >= 4 is 17.7 Å². The maximum absolute atomic E-state index is 12.5. The smallest absolute Gasteiger partial charge is 0.272 e. The lowest BCUT2D eigenvalue weighted by molar-refractivity contribution is 0.0933. The van der Waals surface area contributed by atoms with Crippen molar-refractivity contribution in [3.8, 4) is 0 Å². The number of hydrogen-bond donors (Lipinski definition) is 3. The van der Waals surface area contributed by atoms with Crippen LogP contribution in [0, 0.1) is 0 Å². The molecule has 6 heteroatoms. The maximum Gasteiger partial charge on any atom is 0.272 e. The molecule has 0 spiro atoms. The normalized spacial score (nSPS) is 15.0. The van der Waals surface area contributed by atoms with E-state index in [4.69, 9.17) is 0 Å². The number of H-pyrrole nitrogens is 1. The van der Waals surface area contributed by atoms with Gasteiger partial charge in [-0.15, -0.1) is 11.8 Å². The van der Waals surface area contributed by atoms with Gasteiger partial charge in [-0.3, -0.25) is 9.89 Å². The number of amides is 1. The van der Waals surface area contributed by atoms with Gasteiger partial charge < -0.3 is 10.6 Å². The number of nitrogens with zero attached hydrogens (tertiary/aromatic N) is 1. The van der Waals surface area contributed by atoms with Gasteiger partial charge in [-0.25, -0.2) is 0 Å². The Morgan fingerprint density at radius 3 is 3.00 bits per heavy atom. The second-order valence-corrected chi connectivity index (χ2v) is 6.75. The molecule has 1 aromatic heterocycles. The lowest BCUT2D eigenvalue weighted by Gasteiger charge is -2.17. The summed E-state index contributed by atoms with van der Waals surface area (Å²) >= 11 is 1.77. The van der Waals surface area contributed by atoms with Crippen molar-refractivity contribution in [1.82, 2.24) is 20.8 Å². The highest BCUT2D eigenvalue weighted by Gasteiger charge is 2.23. The molecule has 0 bridgehead atoms. The molecule has 1 aliphatic heterocycles. The highest BCUT2D eigenvalue weighted by atomic mass is 32.2. The highest BCUT2D eigenvalue weighted by Crippen LogP contribution is 2.20. The zero-order chi connectivity index (χ0) is 16.1. The van der Waals surface area contributed by atoms with Crippen molar-refractivity contribution in [2.75, 3.05) is 12.3 Å². The fourth-order valence-corrected chi connectivity index (χ4v) is 3.70. The summed E-state index contributed by atoms with van der Waals surface area (Å²) < 4.78 is 0. The van der Waals surface area contributed by atoms with E-state index in [0.29, 0.717) is 12.2 Å². The third kappa shape index (κ3) is 3.95. The Kier molecular flexibility index (Phi) is 5.35. The number of carbonyl (C=O) groups excluding carboxylic acids is 1. The summed E-state index contributed by atoms with van der Waals surface area (Å²) in [4.78, 5) is 13.8. The molecule has 1 atom stereocenters. The monoisotopic (exact) mass is 330 g/mol. The molecule has 23 heavy (non-hydrogen) atoms. The number of benzene rings is 1. The zero-order valence-electron chi connectivity index (χ0n) is 13.3. The molecule has 3 rings (SSSR count). The van der Waals surface area contributed by atoms with Gasteiger partial charge in [0.05, 0.1) is 0 Å². The Labute approximate surface area is 140 Å². The highest BCUT2D eigenvalue weighted by molar-refractivity contribution is 7.99. The van der Waals surface area contributed by atoms with Crippen molar-refractivity contribution in [2.24, 2.45) is 0 Å². The molecule has 0 fully saturated rings. The van der Waals surface area contributed by atoms with E-state index in [0.717, 1.165) is 36.4 Å². The summed E-state index contributed by atoms with van der Waals surface area (Å²) in [6.45, 7) is 3.74. The van der Waals surface area contributed by atoms with E-state index in [1.54, 1.807) is 11.8 Å². The summed E-state index contributed by atoms with van der Waals surface area (Å²) in [6, 6.07) is 10.4. The first-order chi connectivity index (χ1) is 11.3. The van der Waals surface area contributed by atoms with Crippen molar-refractivity contribution < 1.29 is 4.79 Å². The first-order valence-corrected chi connectivity index (χ1v) is 9.02. The Hall–Kier alpha value is -1.79. The van der Waals surface area contributed by atoms with E-state index >= 15 is 0 Å². The molecule has 1 unspecified atom stereocenters. The topological polar surface area (TPSA) is 69.8 Å². The van der Waals surface area contributed by atoms with Crippen LogP contribution in [0.1, 0.15) is 35.1 Å². The number of rotatable bonds is 6. The summed E-state index contributed by atoms with van der Waals surface area (Å²) in [7, 11) is 0. The average Bonchev–Trinajstić information content (AvgIpc) is 3.03. The molecular weight excluding hydrogens is 308 g/mol. The number of thioether (sulfide) groups is 1. The second kappa shape index (κ2) is 7.66. The molecule has 1 amide bonds. The van der Waals surface area contributed by atoms with Gasteiger partial charge in [0.1, 0.15) is 0 Å². The van der Waals surface area contributed by atoms with Gasteiger partial charge in [0.25, 0.3) is 5.91 Å². The van der Waals surface area contributed by atoms with Crippen LogP contribution in [0.15, 0.2) is 35.2 Å². The van der Waals surface area contributed by atoms with E-state index in [1.807, 2.05) is 18.2 Å². The predicted octanol–water partition coefficient (Wildman–Crippen LogP) is 2.36. The number of aromatic amines is 1. The van der Waals surface area contributed by atoms with Gasteiger partial charge in [0, 0.05) is 47.5 Å². The van der Waals surface area contributed by atoms with Gasteiger partial charge in [-0.05, 0) is 18.6 Å². The standard InChI is InChI=1S/C17H22N4OS/c1-2-12(11-23-13-6-4-3-5-7-13)19-17(22)16-14-10-18-9-8-15(14)20-21-16/h3-7,12,18H,2,8-11H2,1H3,(H,19,22)(H,20,21). The first-order valence-electron chi connectivity index (χ1n) is 8.03. The Morgan fingerprint density at radius 2 is 2.22 bits per heavy atom. The van der Waals surface area contributed by atoms with E-state index in [1.165, 1.54) is 4.90 Å². The van der Waals surface area contributed by atoms with E-state index in [-0.39, 0.29) is 11.9 Å². The molecule has 122 valence electrons. The van der Waals surface area contributed by atoms with Crippen molar-refractivity contribution in [3.63, 3.8) is 0 Å². The number of nitrogens with one attached hydrogen (secondary N) is 3. The lowest BCUT2D eigenvalue weighted by Crippen LogP contribution is -2.37. The fourth-order valence-electron chi connectivity index (χ4n) is 2.64. The third-order valence-corrected chi connectivity index (χ3v) is 5.22. The Morgan fingerprint density at radius 1 is 1.39 bits per heavy atom. The molecule has 3 N–H and O–H groups in total. The average molecular weight is 330 g/mol. The first kappa shape index (κ1) is 16.1. The van der Waals surface area contributed by atoms with Crippen LogP contribution in [0.5, 0.6) is 0 Å². The predicted molar refractivity (Wildman–Crippen MR) is 92.7 cm³/mol. The largest absolute Gasteiger partial charge is 0.347 e. The van der Waals surface area contributed by atoms with E-state index in [2.05, 4.69) is 39.9 Å². The zero-order valence-corrected chi connectivity index (χ0v) is 14.1. The minimum absolute atomic E-state index is 0.0771. The molecule has 0 radical (unpaired) electrons. The van der Waals surface area contributed by atoms with Crippen LogP contribution in [-0.4, -0.2) is 34.4 Å². The fraction of sp³-hybridized carbons (Fsp3) is 0.412. The van der Waals surface area contributed by atoms with Crippen LogP contribution in [-0.2, 0) is 13.0 Å². The molecule has 2 heterocycles. The number of carbonyl (C=O) groups is 1. The van der Waals surface area contributed by atoms with Gasteiger partial charge in [0.15, 0.2) is 5.69 Å². The van der Waals surface area contributed by atoms with Crippen LogP contribution >= 0.6 is 11.8 Å². The van der Waals surface area contributed by atoms with Crippen molar-refractivity contribution in [2.45, 2.75) is 37.2 Å². The Bertz CT molecular complexity index is 656. The van der Waals surface area contributed by atoms with Crippen LogP contribution in [0.3, 0.4) is 0 Å². The number of fused-ring (bicyclic) bond motifs is 1. The summed E-state index contributed by atoms with van der Waals surface area (Å²) in [5, 5.41) is 13.6. The molecular formula is C17H22N4OS. The molecule has 1 aromatic carbocycles. The van der Waals surface area contributed by atoms with E-state index < -0.39 is 0 Å². The number of aromatic nitrogens is 2. The SMILES string of the molecule is CCC(CSc1ccccc1)NC(=O)c1n[nH]c2c1CNCC2. The summed E-state index contributed by atoms with van der Waals surface area (Å²) in [5.74, 6) is 0.781. The van der Waals surface area contributed by atoms with Gasteiger partial charge in [-0.1, -0.05) is 25.1 Å². The van der Waals surface area contributed by atoms with Gasteiger partial charge in [-0.2, -0.15) is 5.10 Å². The van der Waals surface area contributed by atoms with Gasteiger partial charge in [0.2, 0.25) is 0 Å².